The highest BCUT2D eigenvalue weighted by atomic mass is 79.9. The summed E-state index contributed by atoms with van der Waals surface area (Å²) in [6, 6.07) is 9.40. The molecular formula is C20H34Br2N2. The third-order valence-electron chi connectivity index (χ3n) is 5.32. The zero-order chi connectivity index (χ0) is 15.4. The van der Waals surface area contributed by atoms with Crippen LogP contribution in [0.2, 0.25) is 0 Å². The molecule has 24 heavy (non-hydrogen) atoms. The number of nitrogens with zero attached hydrogens (tertiary/aromatic N) is 2. The van der Waals surface area contributed by atoms with Crippen LogP contribution < -0.4 is 0 Å². The molecule has 1 aromatic carbocycles. The molecular weight excluding hydrogens is 428 g/mol. The highest BCUT2D eigenvalue weighted by molar-refractivity contribution is 8.93. The fourth-order valence-corrected chi connectivity index (χ4v) is 4.13. The number of hydrogen-bond donors (Lipinski definition) is 0. The molecule has 2 aliphatic heterocycles. The largest absolute Gasteiger partial charge is 0.299 e. The second-order valence-corrected chi connectivity index (χ2v) is 7.78. The van der Waals surface area contributed by atoms with Crippen molar-refractivity contribution in [2.45, 2.75) is 52.6 Å². The quantitative estimate of drug-likeness (QED) is 0.599. The molecule has 2 unspecified atom stereocenters. The van der Waals surface area contributed by atoms with Gasteiger partial charge < -0.3 is 0 Å². The summed E-state index contributed by atoms with van der Waals surface area (Å²) >= 11 is 0. The number of piperidine rings is 2. The van der Waals surface area contributed by atoms with Gasteiger partial charge in [-0.15, -0.1) is 34.0 Å². The van der Waals surface area contributed by atoms with Crippen LogP contribution in [0.15, 0.2) is 24.3 Å². The van der Waals surface area contributed by atoms with E-state index in [-0.39, 0.29) is 34.0 Å². The maximum Gasteiger partial charge on any atom is 0.0233 e. The lowest BCUT2D eigenvalue weighted by atomic mass is 9.99. The summed E-state index contributed by atoms with van der Waals surface area (Å²) in [6.45, 7) is 12.1. The van der Waals surface area contributed by atoms with E-state index in [9.17, 15) is 0 Å². The molecule has 0 radical (unpaired) electrons. The van der Waals surface area contributed by atoms with Gasteiger partial charge in [0.15, 0.2) is 0 Å². The number of hydrogen-bond acceptors (Lipinski definition) is 2. The monoisotopic (exact) mass is 460 g/mol. The van der Waals surface area contributed by atoms with Crippen molar-refractivity contribution in [2.75, 3.05) is 26.2 Å². The number of likely N-dealkylation sites (tertiary alicyclic amines) is 2. The molecule has 0 N–H and O–H groups in total. The van der Waals surface area contributed by atoms with Crippen LogP contribution in [0.3, 0.4) is 0 Å². The van der Waals surface area contributed by atoms with Gasteiger partial charge >= 0.3 is 0 Å². The molecule has 2 aliphatic rings. The van der Waals surface area contributed by atoms with Gasteiger partial charge in [0.2, 0.25) is 0 Å². The van der Waals surface area contributed by atoms with E-state index in [0.29, 0.717) is 0 Å². The highest BCUT2D eigenvalue weighted by Gasteiger charge is 2.17. The summed E-state index contributed by atoms with van der Waals surface area (Å²) in [5.41, 5.74) is 2.95. The Morgan fingerprint density at radius 1 is 0.750 bits per heavy atom. The van der Waals surface area contributed by atoms with Crippen molar-refractivity contribution in [3.8, 4) is 0 Å². The van der Waals surface area contributed by atoms with Crippen LogP contribution in [0.25, 0.3) is 0 Å². The van der Waals surface area contributed by atoms with Gasteiger partial charge in [-0.1, -0.05) is 38.1 Å². The molecule has 2 atom stereocenters. The van der Waals surface area contributed by atoms with Crippen molar-refractivity contribution in [2.24, 2.45) is 11.8 Å². The zero-order valence-electron chi connectivity index (χ0n) is 15.2. The lowest BCUT2D eigenvalue weighted by Crippen LogP contribution is -2.34. The molecule has 3 rings (SSSR count). The summed E-state index contributed by atoms with van der Waals surface area (Å²) in [4.78, 5) is 5.24. The van der Waals surface area contributed by atoms with Crippen LogP contribution in [-0.4, -0.2) is 36.0 Å². The lowest BCUT2D eigenvalue weighted by molar-refractivity contribution is 0.175. The Balaban J connectivity index is 0.00000144. The van der Waals surface area contributed by atoms with E-state index in [4.69, 9.17) is 0 Å². The van der Waals surface area contributed by atoms with E-state index in [2.05, 4.69) is 47.9 Å². The Morgan fingerprint density at radius 3 is 1.46 bits per heavy atom. The maximum atomic E-state index is 2.62. The standard InChI is InChI=1S/C20H32N2.2BrH/c1-17-5-3-11-21(13-17)15-19-7-9-20(10-8-19)16-22-12-4-6-18(2)14-22;;/h7-10,17-18H,3-6,11-16H2,1-2H3;2*1H. The molecule has 2 fully saturated rings. The first-order valence-corrected chi connectivity index (χ1v) is 9.21. The van der Waals surface area contributed by atoms with Gasteiger partial charge in [0.25, 0.3) is 0 Å². The van der Waals surface area contributed by atoms with Crippen LogP contribution in [0, 0.1) is 11.8 Å². The van der Waals surface area contributed by atoms with Gasteiger partial charge in [-0.3, -0.25) is 9.80 Å². The van der Waals surface area contributed by atoms with E-state index in [1.165, 1.54) is 63.0 Å². The Labute approximate surface area is 169 Å². The minimum atomic E-state index is 0. The first-order chi connectivity index (χ1) is 10.7. The van der Waals surface area contributed by atoms with E-state index < -0.39 is 0 Å². The van der Waals surface area contributed by atoms with E-state index in [1.54, 1.807) is 0 Å². The first kappa shape index (κ1) is 22.1. The number of halogens is 2. The molecule has 0 aromatic heterocycles. The second kappa shape index (κ2) is 10.9. The Kier molecular flexibility index (Phi) is 10.1. The van der Waals surface area contributed by atoms with E-state index >= 15 is 0 Å². The molecule has 2 heterocycles. The van der Waals surface area contributed by atoms with Gasteiger partial charge in [0.1, 0.15) is 0 Å². The molecule has 4 heteroatoms. The molecule has 0 spiro atoms. The third kappa shape index (κ3) is 6.78. The average molecular weight is 462 g/mol. The molecule has 1 aromatic rings. The van der Waals surface area contributed by atoms with Crippen LogP contribution >= 0.6 is 34.0 Å². The summed E-state index contributed by atoms with van der Waals surface area (Å²) in [6.07, 6.45) is 5.55. The predicted octanol–water partition coefficient (Wildman–Crippen LogP) is 5.31. The Hall–Kier alpha value is 0.1000. The second-order valence-electron chi connectivity index (χ2n) is 7.78. The molecule has 0 bridgehead atoms. The summed E-state index contributed by atoms with van der Waals surface area (Å²) in [5.74, 6) is 1.74. The Bertz CT molecular complexity index is 420. The smallest absolute Gasteiger partial charge is 0.0233 e. The molecule has 2 saturated heterocycles. The summed E-state index contributed by atoms with van der Waals surface area (Å²) in [7, 11) is 0. The van der Waals surface area contributed by atoms with Gasteiger partial charge in [-0.25, -0.2) is 0 Å². The van der Waals surface area contributed by atoms with Crippen LogP contribution in [-0.2, 0) is 13.1 Å². The fraction of sp³-hybridized carbons (Fsp3) is 0.700. The summed E-state index contributed by atoms with van der Waals surface area (Å²) < 4.78 is 0. The molecule has 138 valence electrons. The minimum absolute atomic E-state index is 0. The fourth-order valence-electron chi connectivity index (χ4n) is 4.13. The van der Waals surface area contributed by atoms with Crippen LogP contribution in [0.1, 0.15) is 50.7 Å². The SMILES string of the molecule is Br.Br.CC1CCCN(Cc2ccc(CN3CCCC(C)C3)cc2)C1. The zero-order valence-corrected chi connectivity index (χ0v) is 18.7. The molecule has 2 nitrogen and oxygen atoms in total. The third-order valence-corrected chi connectivity index (χ3v) is 5.32. The average Bonchev–Trinajstić information content (AvgIpc) is 2.49. The van der Waals surface area contributed by atoms with Crippen LogP contribution in [0.5, 0.6) is 0 Å². The van der Waals surface area contributed by atoms with Gasteiger partial charge in [0.05, 0.1) is 0 Å². The number of benzene rings is 1. The molecule has 0 amide bonds. The van der Waals surface area contributed by atoms with Crippen molar-refractivity contribution in [1.29, 1.82) is 0 Å². The lowest BCUT2D eigenvalue weighted by Gasteiger charge is -2.31. The van der Waals surface area contributed by atoms with E-state index in [0.717, 1.165) is 24.9 Å². The molecule has 0 aliphatic carbocycles. The minimum Gasteiger partial charge on any atom is -0.299 e. The summed E-state index contributed by atoms with van der Waals surface area (Å²) in [5, 5.41) is 0. The predicted molar refractivity (Wildman–Crippen MR) is 114 cm³/mol. The molecule has 0 saturated carbocycles. The van der Waals surface area contributed by atoms with Crippen molar-refractivity contribution >= 4 is 34.0 Å². The maximum absolute atomic E-state index is 2.62. The van der Waals surface area contributed by atoms with Crippen molar-refractivity contribution < 1.29 is 0 Å². The van der Waals surface area contributed by atoms with Crippen LogP contribution in [0.4, 0.5) is 0 Å². The number of rotatable bonds is 4. The first-order valence-electron chi connectivity index (χ1n) is 9.21. The normalized spacial score (nSPS) is 25.6. The van der Waals surface area contributed by atoms with Crippen molar-refractivity contribution in [3.63, 3.8) is 0 Å². The van der Waals surface area contributed by atoms with Gasteiger partial charge in [0, 0.05) is 26.2 Å². The highest BCUT2D eigenvalue weighted by Crippen LogP contribution is 2.20. The topological polar surface area (TPSA) is 6.48 Å². The van der Waals surface area contributed by atoms with Crippen molar-refractivity contribution in [3.05, 3.63) is 35.4 Å². The van der Waals surface area contributed by atoms with Gasteiger partial charge in [-0.05, 0) is 61.7 Å². The van der Waals surface area contributed by atoms with E-state index in [1.807, 2.05) is 0 Å². The Morgan fingerprint density at radius 2 is 1.12 bits per heavy atom. The van der Waals surface area contributed by atoms with Gasteiger partial charge in [-0.2, -0.15) is 0 Å². The van der Waals surface area contributed by atoms with Crippen molar-refractivity contribution in [1.82, 2.24) is 9.80 Å².